The van der Waals surface area contributed by atoms with Crippen molar-refractivity contribution in [2.45, 2.75) is 76.0 Å². The summed E-state index contributed by atoms with van der Waals surface area (Å²) in [6.07, 6.45) is 14.0. The number of nitrogens with zero attached hydrogens (tertiary/aromatic N) is 1. The van der Waals surface area contributed by atoms with Gasteiger partial charge in [-0.15, -0.1) is 9.24 Å². The first-order chi connectivity index (χ1) is 13.7. The first-order valence-corrected chi connectivity index (χ1v) is 11.9. The molecule has 2 heteroatoms. The van der Waals surface area contributed by atoms with Gasteiger partial charge in [0.2, 0.25) is 0 Å². The Labute approximate surface area is 174 Å². The van der Waals surface area contributed by atoms with E-state index in [0.717, 1.165) is 11.8 Å². The molecule has 0 saturated heterocycles. The summed E-state index contributed by atoms with van der Waals surface area (Å²) in [5.41, 5.74) is 7.47. The Kier molecular flexibility index (Phi) is 6.42. The summed E-state index contributed by atoms with van der Waals surface area (Å²) >= 11 is 0. The molecule has 0 aromatic heterocycles. The predicted molar refractivity (Wildman–Crippen MR) is 127 cm³/mol. The zero-order valence-corrected chi connectivity index (χ0v) is 18.9. The Balaban J connectivity index is 1.83. The van der Waals surface area contributed by atoms with Gasteiger partial charge in [-0.2, -0.15) is 0 Å². The van der Waals surface area contributed by atoms with Crippen LogP contribution in [-0.2, 0) is 0 Å². The SMILES string of the molecule is CN(C)c1ccccc1-c1ccc(C2CCCCC2)c(C2CCCCC2)c1P. The summed E-state index contributed by atoms with van der Waals surface area (Å²) in [6.45, 7) is 0. The minimum absolute atomic E-state index is 0.754. The molecular weight excluding hydrogens is 357 g/mol. The minimum Gasteiger partial charge on any atom is -0.377 e. The molecule has 2 saturated carbocycles. The van der Waals surface area contributed by atoms with E-state index in [1.165, 1.54) is 86.3 Å². The zero-order chi connectivity index (χ0) is 19.5. The summed E-state index contributed by atoms with van der Waals surface area (Å²) < 4.78 is 0. The number of hydrogen-bond acceptors (Lipinski definition) is 1. The van der Waals surface area contributed by atoms with Crippen LogP contribution in [0.3, 0.4) is 0 Å². The van der Waals surface area contributed by atoms with Crippen LogP contribution in [0.4, 0.5) is 5.69 Å². The molecule has 28 heavy (non-hydrogen) atoms. The van der Waals surface area contributed by atoms with Crippen molar-refractivity contribution in [3.63, 3.8) is 0 Å². The van der Waals surface area contributed by atoms with Crippen LogP contribution in [0.1, 0.15) is 87.2 Å². The number of hydrogen-bond donors (Lipinski definition) is 0. The smallest absolute Gasteiger partial charge is 0.0440 e. The van der Waals surface area contributed by atoms with Crippen LogP contribution in [0.25, 0.3) is 11.1 Å². The third kappa shape index (κ3) is 4.02. The van der Waals surface area contributed by atoms with Crippen molar-refractivity contribution in [3.05, 3.63) is 47.5 Å². The van der Waals surface area contributed by atoms with Crippen LogP contribution in [0, 0.1) is 0 Å². The molecule has 2 aromatic rings. The summed E-state index contributed by atoms with van der Waals surface area (Å²) in [7, 11) is 7.48. The lowest BCUT2D eigenvalue weighted by molar-refractivity contribution is 0.420. The zero-order valence-electron chi connectivity index (χ0n) is 17.7. The Hall–Kier alpha value is -1.33. The highest BCUT2D eigenvalue weighted by molar-refractivity contribution is 7.28. The van der Waals surface area contributed by atoms with Gasteiger partial charge < -0.3 is 4.90 Å². The number of benzene rings is 2. The quantitative estimate of drug-likeness (QED) is 0.505. The molecule has 0 bridgehead atoms. The summed E-state index contributed by atoms with van der Waals surface area (Å²) in [4.78, 5) is 2.24. The van der Waals surface area contributed by atoms with E-state index in [4.69, 9.17) is 0 Å². The molecular formula is C26H36NP. The summed E-state index contributed by atoms with van der Waals surface area (Å²) in [6, 6.07) is 13.8. The molecule has 0 amide bonds. The fourth-order valence-corrected chi connectivity index (χ4v) is 6.25. The Morgan fingerprint density at radius 1 is 0.714 bits per heavy atom. The van der Waals surface area contributed by atoms with Crippen LogP contribution in [0.2, 0.25) is 0 Å². The van der Waals surface area contributed by atoms with Gasteiger partial charge in [-0.3, -0.25) is 0 Å². The maximum Gasteiger partial charge on any atom is 0.0440 e. The molecule has 2 fully saturated rings. The van der Waals surface area contributed by atoms with E-state index in [0.29, 0.717) is 0 Å². The maximum absolute atomic E-state index is 3.18. The average Bonchev–Trinajstić information content (AvgIpc) is 2.74. The largest absolute Gasteiger partial charge is 0.377 e. The fourth-order valence-electron chi connectivity index (χ4n) is 5.60. The first-order valence-electron chi connectivity index (χ1n) is 11.4. The molecule has 2 aliphatic rings. The van der Waals surface area contributed by atoms with E-state index in [9.17, 15) is 0 Å². The van der Waals surface area contributed by atoms with Crippen LogP contribution in [0.5, 0.6) is 0 Å². The van der Waals surface area contributed by atoms with Gasteiger partial charge in [0.1, 0.15) is 0 Å². The van der Waals surface area contributed by atoms with Crippen molar-refractivity contribution in [2.24, 2.45) is 0 Å². The normalized spacial score (nSPS) is 19.0. The van der Waals surface area contributed by atoms with Gasteiger partial charge in [-0.05, 0) is 65.6 Å². The van der Waals surface area contributed by atoms with Crippen molar-refractivity contribution in [2.75, 3.05) is 19.0 Å². The maximum atomic E-state index is 3.18. The summed E-state index contributed by atoms with van der Waals surface area (Å²) in [5, 5.41) is 1.48. The highest BCUT2D eigenvalue weighted by Gasteiger charge is 2.27. The number of para-hydroxylation sites is 1. The Morgan fingerprint density at radius 3 is 1.96 bits per heavy atom. The number of rotatable bonds is 4. The van der Waals surface area contributed by atoms with Gasteiger partial charge in [0.05, 0.1) is 0 Å². The molecule has 1 nitrogen and oxygen atoms in total. The summed E-state index contributed by atoms with van der Waals surface area (Å²) in [5.74, 6) is 1.53. The fraction of sp³-hybridized carbons (Fsp3) is 0.538. The molecule has 1 unspecified atom stereocenters. The van der Waals surface area contributed by atoms with Gasteiger partial charge in [0.15, 0.2) is 0 Å². The molecule has 2 aromatic carbocycles. The second kappa shape index (κ2) is 9.00. The predicted octanol–water partition coefficient (Wildman–Crippen LogP) is 7.02. The van der Waals surface area contributed by atoms with Crippen LogP contribution in [-0.4, -0.2) is 14.1 Å². The lowest BCUT2D eigenvalue weighted by Gasteiger charge is -2.32. The standard InChI is InChI=1S/C26H36NP/c1-27(2)24-16-10-9-15-22(24)23-18-17-21(19-11-5-3-6-12-19)25(26(23)28)20-13-7-4-8-14-20/h9-10,15-20H,3-8,11-14,28H2,1-2H3. The monoisotopic (exact) mass is 393 g/mol. The molecule has 0 N–H and O–H groups in total. The topological polar surface area (TPSA) is 3.24 Å². The van der Waals surface area contributed by atoms with Gasteiger partial charge in [-0.25, -0.2) is 0 Å². The molecule has 4 rings (SSSR count). The molecule has 2 aliphatic carbocycles. The van der Waals surface area contributed by atoms with Crippen molar-refractivity contribution < 1.29 is 0 Å². The van der Waals surface area contributed by atoms with Gasteiger partial charge in [0.25, 0.3) is 0 Å². The average molecular weight is 394 g/mol. The van der Waals surface area contributed by atoms with E-state index in [1.807, 2.05) is 0 Å². The van der Waals surface area contributed by atoms with Crippen molar-refractivity contribution in [1.82, 2.24) is 0 Å². The van der Waals surface area contributed by atoms with Gasteiger partial charge in [-0.1, -0.05) is 68.9 Å². The molecule has 0 heterocycles. The van der Waals surface area contributed by atoms with Crippen LogP contribution in [0.15, 0.2) is 36.4 Å². The number of anilines is 1. The third-order valence-corrected chi connectivity index (χ3v) is 7.68. The van der Waals surface area contributed by atoms with E-state index in [2.05, 4.69) is 64.6 Å². The van der Waals surface area contributed by atoms with E-state index in [1.54, 1.807) is 11.1 Å². The van der Waals surface area contributed by atoms with Crippen molar-refractivity contribution >= 4 is 20.2 Å². The molecule has 0 radical (unpaired) electrons. The van der Waals surface area contributed by atoms with Gasteiger partial charge in [0, 0.05) is 25.3 Å². The second-order valence-corrected chi connectivity index (χ2v) is 9.69. The van der Waals surface area contributed by atoms with Crippen LogP contribution < -0.4 is 10.2 Å². The highest BCUT2D eigenvalue weighted by Crippen LogP contribution is 2.43. The minimum atomic E-state index is 0.754. The molecule has 0 aliphatic heterocycles. The highest BCUT2D eigenvalue weighted by atomic mass is 31.0. The Bertz CT molecular complexity index is 798. The molecule has 1 atom stereocenters. The second-order valence-electron chi connectivity index (χ2n) is 9.11. The van der Waals surface area contributed by atoms with Gasteiger partial charge >= 0.3 is 0 Å². The molecule has 0 spiro atoms. The third-order valence-electron chi connectivity index (χ3n) is 7.06. The van der Waals surface area contributed by atoms with Crippen molar-refractivity contribution in [3.8, 4) is 11.1 Å². The van der Waals surface area contributed by atoms with E-state index >= 15 is 0 Å². The Morgan fingerprint density at radius 2 is 1.32 bits per heavy atom. The van der Waals surface area contributed by atoms with E-state index < -0.39 is 0 Å². The van der Waals surface area contributed by atoms with E-state index in [-0.39, 0.29) is 0 Å². The van der Waals surface area contributed by atoms with Crippen LogP contribution >= 0.6 is 9.24 Å². The lowest BCUT2D eigenvalue weighted by Crippen LogP contribution is -2.20. The lowest BCUT2D eigenvalue weighted by atomic mass is 9.75. The van der Waals surface area contributed by atoms with Crippen molar-refractivity contribution in [1.29, 1.82) is 0 Å². The first kappa shape index (κ1) is 20.0. The molecule has 150 valence electrons.